The molecule has 2 aliphatic rings. The van der Waals surface area contributed by atoms with Gasteiger partial charge in [0.25, 0.3) is 0 Å². The van der Waals surface area contributed by atoms with E-state index >= 15 is 0 Å². The van der Waals surface area contributed by atoms with Crippen LogP contribution in [0, 0.1) is 11.8 Å². The molecule has 2 amide bonds. The second kappa shape index (κ2) is 6.26. The second-order valence-electron chi connectivity index (χ2n) is 5.87. The standard InChI is InChI=1S/C16H21N3O2/c20-15(11-3-4-11)18-13-5-7-14(8-6-13)19-16(21)12-2-1-9-17-10-12/h5-8,11-12,17H,1-4,9-10H2,(H,18,20)(H,19,21)/t12-/m0/s1. The number of piperidine rings is 1. The normalized spacial score (nSPS) is 21.6. The lowest BCUT2D eigenvalue weighted by Gasteiger charge is -2.21. The Balaban J connectivity index is 1.53. The van der Waals surface area contributed by atoms with Crippen LogP contribution in [-0.2, 0) is 9.59 Å². The molecule has 1 aliphatic heterocycles. The number of carbonyl (C=O) groups excluding carboxylic acids is 2. The van der Waals surface area contributed by atoms with Crippen molar-refractivity contribution in [3.63, 3.8) is 0 Å². The zero-order valence-electron chi connectivity index (χ0n) is 12.0. The van der Waals surface area contributed by atoms with Gasteiger partial charge in [-0.25, -0.2) is 0 Å². The summed E-state index contributed by atoms with van der Waals surface area (Å²) in [7, 11) is 0. The van der Waals surface area contributed by atoms with Gasteiger partial charge < -0.3 is 16.0 Å². The van der Waals surface area contributed by atoms with Crippen molar-refractivity contribution in [2.24, 2.45) is 11.8 Å². The summed E-state index contributed by atoms with van der Waals surface area (Å²) in [6, 6.07) is 7.32. The van der Waals surface area contributed by atoms with E-state index in [1.807, 2.05) is 24.3 Å². The monoisotopic (exact) mass is 287 g/mol. The predicted molar refractivity (Wildman–Crippen MR) is 82.0 cm³/mol. The van der Waals surface area contributed by atoms with E-state index in [-0.39, 0.29) is 23.7 Å². The summed E-state index contributed by atoms with van der Waals surface area (Å²) < 4.78 is 0. The first kappa shape index (κ1) is 14.1. The number of amides is 2. The van der Waals surface area contributed by atoms with Crippen molar-refractivity contribution in [3.8, 4) is 0 Å². The quantitative estimate of drug-likeness (QED) is 0.793. The maximum absolute atomic E-state index is 12.1. The smallest absolute Gasteiger partial charge is 0.228 e. The molecule has 0 spiro atoms. The van der Waals surface area contributed by atoms with Gasteiger partial charge in [-0.2, -0.15) is 0 Å². The average Bonchev–Trinajstić information content (AvgIpc) is 3.35. The molecule has 2 fully saturated rings. The van der Waals surface area contributed by atoms with E-state index in [1.165, 1.54) is 0 Å². The Morgan fingerprint density at radius 2 is 1.48 bits per heavy atom. The van der Waals surface area contributed by atoms with Crippen LogP contribution in [0.3, 0.4) is 0 Å². The molecule has 0 aromatic heterocycles. The summed E-state index contributed by atoms with van der Waals surface area (Å²) in [6.07, 6.45) is 3.98. The fourth-order valence-corrected chi connectivity index (χ4v) is 2.55. The van der Waals surface area contributed by atoms with Gasteiger partial charge in [0.2, 0.25) is 11.8 Å². The van der Waals surface area contributed by atoms with Gasteiger partial charge in [0.15, 0.2) is 0 Å². The summed E-state index contributed by atoms with van der Waals surface area (Å²) in [5.41, 5.74) is 1.55. The van der Waals surface area contributed by atoms with Crippen molar-refractivity contribution in [1.29, 1.82) is 0 Å². The Morgan fingerprint density at radius 3 is 1.95 bits per heavy atom. The molecular weight excluding hydrogens is 266 g/mol. The molecule has 3 N–H and O–H groups in total. The van der Waals surface area contributed by atoms with Crippen LogP contribution in [0.4, 0.5) is 11.4 Å². The van der Waals surface area contributed by atoms with Gasteiger partial charge in [0, 0.05) is 23.8 Å². The zero-order chi connectivity index (χ0) is 14.7. The van der Waals surface area contributed by atoms with Crippen LogP contribution in [0.15, 0.2) is 24.3 Å². The van der Waals surface area contributed by atoms with Crippen LogP contribution in [-0.4, -0.2) is 24.9 Å². The Hall–Kier alpha value is -1.88. The summed E-state index contributed by atoms with van der Waals surface area (Å²) in [4.78, 5) is 23.8. The number of anilines is 2. The Bertz CT molecular complexity index is 517. The van der Waals surface area contributed by atoms with Gasteiger partial charge in [0.05, 0.1) is 5.92 Å². The molecule has 112 valence electrons. The van der Waals surface area contributed by atoms with Crippen LogP contribution in [0.2, 0.25) is 0 Å². The number of rotatable bonds is 4. The molecule has 1 aliphatic carbocycles. The molecule has 0 radical (unpaired) electrons. The Kier molecular flexibility index (Phi) is 4.20. The van der Waals surface area contributed by atoms with E-state index in [1.54, 1.807) is 0 Å². The van der Waals surface area contributed by atoms with E-state index in [0.29, 0.717) is 0 Å². The van der Waals surface area contributed by atoms with E-state index in [9.17, 15) is 9.59 Å². The van der Waals surface area contributed by atoms with Crippen LogP contribution in [0.5, 0.6) is 0 Å². The fraction of sp³-hybridized carbons (Fsp3) is 0.500. The third kappa shape index (κ3) is 3.82. The molecule has 5 nitrogen and oxygen atoms in total. The molecule has 3 rings (SSSR count). The van der Waals surface area contributed by atoms with E-state index in [0.717, 1.165) is 50.1 Å². The van der Waals surface area contributed by atoms with Crippen molar-refractivity contribution in [3.05, 3.63) is 24.3 Å². The minimum Gasteiger partial charge on any atom is -0.326 e. The molecule has 5 heteroatoms. The molecule has 1 aromatic rings. The second-order valence-corrected chi connectivity index (χ2v) is 5.87. The Morgan fingerprint density at radius 1 is 0.905 bits per heavy atom. The van der Waals surface area contributed by atoms with Crippen molar-refractivity contribution < 1.29 is 9.59 Å². The maximum Gasteiger partial charge on any atom is 0.228 e. The summed E-state index contributed by atoms with van der Waals surface area (Å²) >= 11 is 0. The highest BCUT2D eigenvalue weighted by Crippen LogP contribution is 2.30. The maximum atomic E-state index is 12.1. The van der Waals surface area contributed by atoms with Gasteiger partial charge in [0.1, 0.15) is 0 Å². The number of benzene rings is 1. The first-order valence-electron chi connectivity index (χ1n) is 7.65. The highest BCUT2D eigenvalue weighted by Gasteiger charge is 2.29. The number of carbonyl (C=O) groups is 2. The molecule has 1 heterocycles. The topological polar surface area (TPSA) is 70.2 Å². The van der Waals surface area contributed by atoms with Gasteiger partial charge in [-0.05, 0) is 56.5 Å². The van der Waals surface area contributed by atoms with E-state index in [4.69, 9.17) is 0 Å². The number of hydrogen-bond acceptors (Lipinski definition) is 3. The molecule has 1 aromatic carbocycles. The van der Waals surface area contributed by atoms with Crippen molar-refractivity contribution >= 4 is 23.2 Å². The molecule has 1 atom stereocenters. The van der Waals surface area contributed by atoms with Crippen LogP contribution >= 0.6 is 0 Å². The summed E-state index contributed by atoms with van der Waals surface area (Å²) in [5, 5.41) is 9.06. The molecule has 0 unspecified atom stereocenters. The Labute approximate surface area is 124 Å². The SMILES string of the molecule is O=C(Nc1ccc(NC(=O)[C@H]2CCCNC2)cc1)C1CC1. The minimum atomic E-state index is 0.0491. The van der Waals surface area contributed by atoms with Crippen molar-refractivity contribution in [2.45, 2.75) is 25.7 Å². The average molecular weight is 287 g/mol. The van der Waals surface area contributed by atoms with Gasteiger partial charge in [-0.3, -0.25) is 9.59 Å². The lowest BCUT2D eigenvalue weighted by Crippen LogP contribution is -2.37. The summed E-state index contributed by atoms with van der Waals surface area (Å²) in [5.74, 6) is 0.410. The van der Waals surface area contributed by atoms with Gasteiger partial charge in [-0.1, -0.05) is 0 Å². The minimum absolute atomic E-state index is 0.0491. The predicted octanol–water partition coefficient (Wildman–Crippen LogP) is 1.97. The lowest BCUT2D eigenvalue weighted by atomic mass is 9.99. The van der Waals surface area contributed by atoms with Crippen molar-refractivity contribution in [2.75, 3.05) is 23.7 Å². The first-order valence-corrected chi connectivity index (χ1v) is 7.65. The van der Waals surface area contributed by atoms with Crippen LogP contribution in [0.25, 0.3) is 0 Å². The van der Waals surface area contributed by atoms with Crippen LogP contribution < -0.4 is 16.0 Å². The molecular formula is C16H21N3O2. The molecule has 1 saturated heterocycles. The van der Waals surface area contributed by atoms with Gasteiger partial charge >= 0.3 is 0 Å². The summed E-state index contributed by atoms with van der Waals surface area (Å²) in [6.45, 7) is 1.75. The molecule has 0 bridgehead atoms. The largest absolute Gasteiger partial charge is 0.326 e. The lowest BCUT2D eigenvalue weighted by molar-refractivity contribution is -0.120. The van der Waals surface area contributed by atoms with Crippen LogP contribution in [0.1, 0.15) is 25.7 Å². The van der Waals surface area contributed by atoms with E-state index < -0.39 is 0 Å². The first-order chi connectivity index (χ1) is 10.2. The fourth-order valence-electron chi connectivity index (χ4n) is 2.55. The third-order valence-corrected chi connectivity index (χ3v) is 4.04. The zero-order valence-corrected chi connectivity index (χ0v) is 12.0. The number of hydrogen-bond donors (Lipinski definition) is 3. The molecule has 1 saturated carbocycles. The van der Waals surface area contributed by atoms with E-state index in [2.05, 4.69) is 16.0 Å². The molecule has 21 heavy (non-hydrogen) atoms. The highest BCUT2D eigenvalue weighted by atomic mass is 16.2. The van der Waals surface area contributed by atoms with Crippen molar-refractivity contribution in [1.82, 2.24) is 5.32 Å². The number of nitrogens with one attached hydrogen (secondary N) is 3. The third-order valence-electron chi connectivity index (χ3n) is 4.04. The van der Waals surface area contributed by atoms with Gasteiger partial charge in [-0.15, -0.1) is 0 Å². The highest BCUT2D eigenvalue weighted by molar-refractivity contribution is 5.95.